The van der Waals surface area contributed by atoms with Crippen molar-refractivity contribution >= 4 is 11.7 Å². The molecule has 1 unspecified atom stereocenters. The van der Waals surface area contributed by atoms with Crippen molar-refractivity contribution in [1.82, 2.24) is 9.97 Å². The third-order valence-electron chi connectivity index (χ3n) is 2.96. The van der Waals surface area contributed by atoms with E-state index in [-0.39, 0.29) is 11.9 Å². The number of rotatable bonds is 7. The number of nitrogens with zero attached hydrogens (tertiary/aromatic N) is 4. The van der Waals surface area contributed by atoms with Gasteiger partial charge in [-0.15, -0.1) is 0 Å². The number of oxime groups is 1. The molecule has 1 rings (SSSR count). The van der Waals surface area contributed by atoms with Crippen molar-refractivity contribution < 1.29 is 9.94 Å². The first-order chi connectivity index (χ1) is 9.15. The fourth-order valence-corrected chi connectivity index (χ4v) is 1.71. The Hall–Kier alpha value is -1.89. The lowest BCUT2D eigenvalue weighted by Gasteiger charge is -2.30. The number of amidine groups is 1. The molecule has 1 aromatic heterocycles. The highest BCUT2D eigenvalue weighted by molar-refractivity contribution is 5.99. The Balaban J connectivity index is 3.14. The minimum Gasteiger partial charge on any atom is -0.409 e. The number of hydrogen-bond acceptors (Lipinski definition) is 6. The summed E-state index contributed by atoms with van der Waals surface area (Å²) in [6.07, 6.45) is 4.05. The Labute approximate surface area is 113 Å². The van der Waals surface area contributed by atoms with E-state index in [4.69, 9.17) is 15.7 Å². The molecule has 0 fully saturated rings. The molecule has 0 aliphatic heterocycles. The molecule has 0 amide bonds. The SMILES string of the molecule is CCC(C)N(CCOC)c1nccnc1C(N)=NO. The van der Waals surface area contributed by atoms with Gasteiger partial charge in [0.25, 0.3) is 0 Å². The highest BCUT2D eigenvalue weighted by Crippen LogP contribution is 2.18. The van der Waals surface area contributed by atoms with E-state index in [0.29, 0.717) is 24.7 Å². The maximum Gasteiger partial charge on any atom is 0.192 e. The van der Waals surface area contributed by atoms with E-state index < -0.39 is 0 Å². The van der Waals surface area contributed by atoms with Crippen molar-refractivity contribution in [2.75, 3.05) is 25.2 Å². The third-order valence-corrected chi connectivity index (χ3v) is 2.96. The molecule has 3 N–H and O–H groups in total. The lowest BCUT2D eigenvalue weighted by atomic mass is 10.2. The zero-order valence-electron chi connectivity index (χ0n) is 11.6. The van der Waals surface area contributed by atoms with Gasteiger partial charge in [0.05, 0.1) is 6.61 Å². The fraction of sp³-hybridized carbons (Fsp3) is 0.583. The molecule has 1 aromatic rings. The van der Waals surface area contributed by atoms with Crippen molar-refractivity contribution in [2.24, 2.45) is 10.9 Å². The quantitative estimate of drug-likeness (QED) is 0.328. The van der Waals surface area contributed by atoms with Crippen molar-refractivity contribution in [1.29, 1.82) is 0 Å². The first kappa shape index (κ1) is 15.2. The first-order valence-electron chi connectivity index (χ1n) is 6.20. The maximum atomic E-state index is 8.82. The number of hydrogen-bond donors (Lipinski definition) is 2. The van der Waals surface area contributed by atoms with Gasteiger partial charge in [0.2, 0.25) is 0 Å². The molecule has 19 heavy (non-hydrogen) atoms. The van der Waals surface area contributed by atoms with Crippen LogP contribution in [0.3, 0.4) is 0 Å². The van der Waals surface area contributed by atoms with Crippen molar-refractivity contribution in [2.45, 2.75) is 26.3 Å². The topological polar surface area (TPSA) is 96.9 Å². The van der Waals surface area contributed by atoms with Gasteiger partial charge in [0.15, 0.2) is 17.3 Å². The van der Waals surface area contributed by atoms with Crippen LogP contribution in [-0.4, -0.2) is 47.3 Å². The Morgan fingerprint density at radius 3 is 2.79 bits per heavy atom. The second-order valence-corrected chi connectivity index (χ2v) is 4.16. The van der Waals surface area contributed by atoms with E-state index in [1.165, 1.54) is 6.20 Å². The summed E-state index contributed by atoms with van der Waals surface area (Å²) in [5.41, 5.74) is 6.02. The van der Waals surface area contributed by atoms with Crippen LogP contribution in [0.2, 0.25) is 0 Å². The number of ether oxygens (including phenoxy) is 1. The van der Waals surface area contributed by atoms with Crippen molar-refractivity contribution in [3.8, 4) is 0 Å². The van der Waals surface area contributed by atoms with Crippen LogP contribution in [0.5, 0.6) is 0 Å². The van der Waals surface area contributed by atoms with Gasteiger partial charge in [-0.05, 0) is 13.3 Å². The van der Waals surface area contributed by atoms with Gasteiger partial charge in [-0.2, -0.15) is 0 Å². The molecule has 7 nitrogen and oxygen atoms in total. The first-order valence-corrected chi connectivity index (χ1v) is 6.20. The Morgan fingerprint density at radius 1 is 1.53 bits per heavy atom. The van der Waals surface area contributed by atoms with Gasteiger partial charge in [-0.3, -0.25) is 0 Å². The molecule has 0 aliphatic carbocycles. The summed E-state index contributed by atoms with van der Waals surface area (Å²) < 4.78 is 5.11. The van der Waals surface area contributed by atoms with E-state index in [2.05, 4.69) is 29.0 Å². The number of aromatic nitrogens is 2. The van der Waals surface area contributed by atoms with Crippen LogP contribution in [0.15, 0.2) is 17.5 Å². The molecule has 0 saturated heterocycles. The van der Waals surface area contributed by atoms with Gasteiger partial charge in [0, 0.05) is 32.1 Å². The predicted molar refractivity (Wildman–Crippen MR) is 73.5 cm³/mol. The summed E-state index contributed by atoms with van der Waals surface area (Å²) in [6, 6.07) is 0.247. The van der Waals surface area contributed by atoms with Crippen LogP contribution < -0.4 is 10.6 Å². The molecule has 106 valence electrons. The molecular formula is C12H21N5O2. The Morgan fingerprint density at radius 2 is 2.21 bits per heavy atom. The highest BCUT2D eigenvalue weighted by Gasteiger charge is 2.20. The summed E-state index contributed by atoms with van der Waals surface area (Å²) in [6.45, 7) is 5.40. The standard InChI is InChI=1S/C12H21N5O2/c1-4-9(2)17(7-8-19-3)12-10(11(13)16-18)14-5-6-15-12/h5-6,9,18H,4,7-8H2,1-3H3,(H2,13,16). The molecule has 1 heterocycles. The Kier molecular flexibility index (Phi) is 6.01. The largest absolute Gasteiger partial charge is 0.409 e. The minimum atomic E-state index is -0.0474. The average Bonchev–Trinajstić information content (AvgIpc) is 2.46. The molecule has 0 aromatic carbocycles. The summed E-state index contributed by atoms with van der Waals surface area (Å²) in [5, 5.41) is 11.8. The summed E-state index contributed by atoms with van der Waals surface area (Å²) in [7, 11) is 1.65. The smallest absolute Gasteiger partial charge is 0.192 e. The van der Waals surface area contributed by atoms with Crippen molar-refractivity contribution in [3.05, 3.63) is 18.1 Å². The monoisotopic (exact) mass is 267 g/mol. The van der Waals surface area contributed by atoms with Gasteiger partial charge in [-0.1, -0.05) is 12.1 Å². The van der Waals surface area contributed by atoms with E-state index >= 15 is 0 Å². The van der Waals surface area contributed by atoms with Crippen LogP contribution >= 0.6 is 0 Å². The van der Waals surface area contributed by atoms with Gasteiger partial charge in [-0.25, -0.2) is 9.97 Å². The fourth-order valence-electron chi connectivity index (χ4n) is 1.71. The number of anilines is 1. The zero-order valence-corrected chi connectivity index (χ0v) is 11.6. The maximum absolute atomic E-state index is 8.82. The second-order valence-electron chi connectivity index (χ2n) is 4.16. The van der Waals surface area contributed by atoms with Crippen LogP contribution in [0, 0.1) is 0 Å². The zero-order chi connectivity index (χ0) is 14.3. The normalized spacial score (nSPS) is 13.3. The third kappa shape index (κ3) is 3.78. The summed E-state index contributed by atoms with van der Waals surface area (Å²) in [5.74, 6) is 0.554. The van der Waals surface area contributed by atoms with E-state index in [9.17, 15) is 0 Å². The van der Waals surface area contributed by atoms with E-state index in [1.807, 2.05) is 4.90 Å². The van der Waals surface area contributed by atoms with E-state index in [0.717, 1.165) is 6.42 Å². The highest BCUT2D eigenvalue weighted by atomic mass is 16.5. The molecular weight excluding hydrogens is 246 g/mol. The van der Waals surface area contributed by atoms with Crippen LogP contribution in [0.1, 0.15) is 26.0 Å². The molecule has 0 radical (unpaired) electrons. The molecule has 0 spiro atoms. The van der Waals surface area contributed by atoms with Crippen LogP contribution in [0.4, 0.5) is 5.82 Å². The Bertz CT molecular complexity index is 424. The molecule has 1 atom stereocenters. The number of nitrogens with two attached hydrogens (primary N) is 1. The predicted octanol–water partition coefficient (Wildman–Crippen LogP) is 0.822. The van der Waals surface area contributed by atoms with Gasteiger partial charge >= 0.3 is 0 Å². The van der Waals surface area contributed by atoms with Gasteiger partial charge < -0.3 is 20.6 Å². The van der Waals surface area contributed by atoms with Gasteiger partial charge in [0.1, 0.15) is 0 Å². The summed E-state index contributed by atoms with van der Waals surface area (Å²) >= 11 is 0. The molecule has 0 aliphatic rings. The van der Waals surface area contributed by atoms with Crippen LogP contribution in [0.25, 0.3) is 0 Å². The van der Waals surface area contributed by atoms with Crippen LogP contribution in [-0.2, 0) is 4.74 Å². The minimum absolute atomic E-state index is 0.0474. The van der Waals surface area contributed by atoms with E-state index in [1.54, 1.807) is 13.3 Å². The summed E-state index contributed by atoms with van der Waals surface area (Å²) in [4.78, 5) is 10.5. The van der Waals surface area contributed by atoms with Crippen molar-refractivity contribution in [3.63, 3.8) is 0 Å². The molecule has 0 saturated carbocycles. The molecule has 7 heteroatoms. The lowest BCUT2D eigenvalue weighted by Crippen LogP contribution is -2.38. The number of methoxy groups -OCH3 is 1. The average molecular weight is 267 g/mol. The lowest BCUT2D eigenvalue weighted by molar-refractivity contribution is 0.203. The second kappa shape index (κ2) is 7.52. The molecule has 0 bridgehead atoms.